The number of hydrogen-bond donors (Lipinski definition) is 1. The highest BCUT2D eigenvalue weighted by atomic mass is 35.5. The first-order chi connectivity index (χ1) is 17.9. The van der Waals surface area contributed by atoms with E-state index in [0.29, 0.717) is 40.7 Å². The van der Waals surface area contributed by atoms with E-state index in [4.69, 9.17) is 21.1 Å². The van der Waals surface area contributed by atoms with E-state index in [9.17, 15) is 9.59 Å². The smallest absolute Gasteiger partial charge is 0.259 e. The van der Waals surface area contributed by atoms with E-state index in [2.05, 4.69) is 20.3 Å². The summed E-state index contributed by atoms with van der Waals surface area (Å²) in [5.74, 6) is 0.318. The molecule has 0 saturated heterocycles. The molecule has 1 N–H and O–H groups in total. The number of rotatable bonds is 6. The van der Waals surface area contributed by atoms with Gasteiger partial charge in [-0.2, -0.15) is 0 Å². The minimum Gasteiger partial charge on any atom is -0.494 e. The van der Waals surface area contributed by atoms with E-state index in [1.807, 2.05) is 17.9 Å². The van der Waals surface area contributed by atoms with Crippen LogP contribution in [0.3, 0.4) is 0 Å². The lowest BCUT2D eigenvalue weighted by atomic mass is 9.86. The first-order valence-corrected chi connectivity index (χ1v) is 13.3. The molecule has 1 fully saturated rings. The number of carbonyl (C=O) groups excluding carboxylic acids is 2. The van der Waals surface area contributed by atoms with Crippen LogP contribution >= 0.6 is 22.9 Å². The van der Waals surface area contributed by atoms with Crippen molar-refractivity contribution in [1.82, 2.24) is 19.9 Å². The van der Waals surface area contributed by atoms with Crippen molar-refractivity contribution in [2.75, 3.05) is 19.5 Å². The van der Waals surface area contributed by atoms with Crippen LogP contribution in [0.2, 0.25) is 5.15 Å². The zero-order valence-corrected chi connectivity index (χ0v) is 22.5. The molecule has 37 heavy (non-hydrogen) atoms. The van der Waals surface area contributed by atoms with Crippen molar-refractivity contribution in [1.29, 1.82) is 0 Å². The zero-order valence-electron chi connectivity index (χ0n) is 20.9. The maximum atomic E-state index is 13.3. The number of pyridine rings is 2. The molecule has 0 spiro atoms. The third kappa shape index (κ3) is 5.32. The summed E-state index contributed by atoms with van der Waals surface area (Å²) in [4.78, 5) is 42.3. The molecule has 1 saturated carbocycles. The lowest BCUT2D eigenvalue weighted by Gasteiger charge is -2.30. The van der Waals surface area contributed by atoms with Gasteiger partial charge in [-0.25, -0.2) is 9.97 Å². The van der Waals surface area contributed by atoms with Crippen LogP contribution in [0.4, 0.5) is 5.13 Å². The number of nitrogens with one attached hydrogen (secondary N) is 1. The maximum Gasteiger partial charge on any atom is 0.259 e. The lowest BCUT2D eigenvalue weighted by Crippen LogP contribution is -2.36. The van der Waals surface area contributed by atoms with Gasteiger partial charge in [0.05, 0.1) is 48.6 Å². The lowest BCUT2D eigenvalue weighted by molar-refractivity contribution is -0.138. The number of amides is 2. The Labute approximate surface area is 224 Å². The van der Waals surface area contributed by atoms with Crippen LogP contribution in [0.1, 0.15) is 52.3 Å². The first-order valence-electron chi connectivity index (χ1n) is 12.1. The summed E-state index contributed by atoms with van der Waals surface area (Å²) >= 11 is 7.54. The van der Waals surface area contributed by atoms with E-state index in [1.165, 1.54) is 30.8 Å². The van der Waals surface area contributed by atoms with Crippen LogP contribution in [0, 0.1) is 12.8 Å². The molecule has 11 heteroatoms. The number of halogens is 1. The van der Waals surface area contributed by atoms with E-state index in [-0.39, 0.29) is 29.0 Å². The number of anilines is 1. The molecule has 3 aromatic rings. The Hall–Kier alpha value is -3.08. The van der Waals surface area contributed by atoms with E-state index in [1.54, 1.807) is 13.2 Å². The number of nitrogens with zero attached hydrogens (tertiary/aromatic N) is 4. The molecule has 4 heterocycles. The average Bonchev–Trinajstić information content (AvgIpc) is 3.47. The van der Waals surface area contributed by atoms with Crippen molar-refractivity contribution < 1.29 is 19.1 Å². The highest BCUT2D eigenvalue weighted by Gasteiger charge is 2.34. The van der Waals surface area contributed by atoms with E-state index >= 15 is 0 Å². The van der Waals surface area contributed by atoms with E-state index < -0.39 is 0 Å². The molecule has 0 radical (unpaired) electrons. The Balaban J connectivity index is 1.31. The molecule has 1 aliphatic carbocycles. The average molecular weight is 542 g/mol. The molecule has 2 atom stereocenters. The number of methoxy groups -OCH3 is 2. The number of hydrogen-bond acceptors (Lipinski definition) is 8. The molecule has 194 valence electrons. The van der Waals surface area contributed by atoms with Crippen molar-refractivity contribution in [2.45, 2.75) is 51.8 Å². The van der Waals surface area contributed by atoms with Crippen LogP contribution in [0.5, 0.6) is 5.75 Å². The van der Waals surface area contributed by atoms with Crippen molar-refractivity contribution in [3.63, 3.8) is 0 Å². The normalized spacial score (nSPS) is 19.0. The second-order valence-electron chi connectivity index (χ2n) is 9.34. The summed E-state index contributed by atoms with van der Waals surface area (Å²) < 4.78 is 10.9. The highest BCUT2D eigenvalue weighted by Crippen LogP contribution is 2.36. The molecule has 5 rings (SSSR count). The third-order valence-corrected chi connectivity index (χ3v) is 8.13. The van der Waals surface area contributed by atoms with E-state index in [0.717, 1.165) is 41.9 Å². The Morgan fingerprint density at radius 1 is 1.14 bits per heavy atom. The summed E-state index contributed by atoms with van der Waals surface area (Å²) in [7, 11) is 3.25. The first kappa shape index (κ1) is 25.6. The highest BCUT2D eigenvalue weighted by molar-refractivity contribution is 7.16. The van der Waals surface area contributed by atoms with Crippen molar-refractivity contribution in [2.24, 2.45) is 5.92 Å². The number of aryl methyl sites for hydroxylation is 1. The largest absolute Gasteiger partial charge is 0.494 e. The Bertz CT molecular complexity index is 1320. The predicted molar refractivity (Wildman–Crippen MR) is 141 cm³/mol. The van der Waals surface area contributed by atoms with Gasteiger partial charge in [-0.1, -0.05) is 29.4 Å². The summed E-state index contributed by atoms with van der Waals surface area (Å²) in [6.07, 6.45) is 6.91. The summed E-state index contributed by atoms with van der Waals surface area (Å²) in [5, 5.41) is 3.69. The third-order valence-electron chi connectivity index (χ3n) is 6.92. The summed E-state index contributed by atoms with van der Waals surface area (Å²) in [6.45, 7) is 2.82. The fourth-order valence-corrected chi connectivity index (χ4v) is 6.15. The molecule has 0 aromatic carbocycles. The summed E-state index contributed by atoms with van der Waals surface area (Å²) in [5.41, 5.74) is 3.22. The minimum atomic E-state index is -0.342. The number of aromatic nitrogens is 3. The second kappa shape index (κ2) is 10.7. The van der Waals surface area contributed by atoms with Gasteiger partial charge in [-0.15, -0.1) is 0 Å². The van der Waals surface area contributed by atoms with Gasteiger partial charge in [-0.05, 0) is 38.3 Å². The fraction of sp³-hybridized carbons (Fsp3) is 0.423. The van der Waals surface area contributed by atoms with Gasteiger partial charge in [0.25, 0.3) is 5.91 Å². The van der Waals surface area contributed by atoms with Gasteiger partial charge in [0.2, 0.25) is 5.91 Å². The van der Waals surface area contributed by atoms with Crippen LogP contribution in [-0.2, 0) is 22.6 Å². The SMILES string of the molecule is COc1cnc(Cl)cc1-c1cc(C)ncc1C(=O)Nc1nc2c(s1)CN(C(=O)[C@@H]1CCC[C@@H](OC)C1)C2. The van der Waals surface area contributed by atoms with Gasteiger partial charge in [0.15, 0.2) is 5.13 Å². The number of carbonyl (C=O) groups is 2. The second-order valence-corrected chi connectivity index (χ2v) is 10.8. The quantitative estimate of drug-likeness (QED) is 0.444. The number of ether oxygens (including phenoxy) is 2. The molecule has 3 aromatic heterocycles. The predicted octanol–water partition coefficient (Wildman–Crippen LogP) is 4.87. The Morgan fingerprint density at radius 2 is 1.97 bits per heavy atom. The van der Waals surface area contributed by atoms with Crippen LogP contribution in [0.15, 0.2) is 24.5 Å². The van der Waals surface area contributed by atoms with Gasteiger partial charge in [-0.3, -0.25) is 19.9 Å². The van der Waals surface area contributed by atoms with Gasteiger partial charge >= 0.3 is 0 Å². The number of fused-ring (bicyclic) bond motifs is 1. The molecule has 2 amide bonds. The van der Waals surface area contributed by atoms with Crippen molar-refractivity contribution in [3.05, 3.63) is 51.5 Å². The molecule has 9 nitrogen and oxygen atoms in total. The van der Waals surface area contributed by atoms with Crippen LogP contribution < -0.4 is 10.1 Å². The van der Waals surface area contributed by atoms with Gasteiger partial charge < -0.3 is 14.4 Å². The molecule has 2 aliphatic rings. The zero-order chi connectivity index (χ0) is 26.1. The Kier molecular flexibility index (Phi) is 7.41. The van der Waals surface area contributed by atoms with Crippen LogP contribution in [0.25, 0.3) is 11.1 Å². The topological polar surface area (TPSA) is 107 Å². The van der Waals surface area contributed by atoms with Gasteiger partial charge in [0, 0.05) is 36.0 Å². The molecular formula is C26H28ClN5O4S. The fourth-order valence-electron chi connectivity index (χ4n) is 5.01. The maximum absolute atomic E-state index is 13.3. The molecular weight excluding hydrogens is 514 g/mol. The van der Waals surface area contributed by atoms with Crippen molar-refractivity contribution >= 4 is 39.9 Å². The molecule has 1 aliphatic heterocycles. The molecule has 0 bridgehead atoms. The minimum absolute atomic E-state index is 0.00183. The Morgan fingerprint density at radius 3 is 2.73 bits per heavy atom. The number of thiazole rings is 1. The standard InChI is InChI=1S/C26H28ClN5O4S/c1-14-7-17(18-9-23(27)29-11-21(18)36-3)19(10-28-14)24(33)31-26-30-20-12-32(13-22(20)37-26)25(34)15-5-4-6-16(8-15)35-2/h7,9-11,15-16H,4-6,8,12-13H2,1-3H3,(H,30,31,33)/t15-,16-/m1/s1. The van der Waals surface area contributed by atoms with Crippen molar-refractivity contribution in [3.8, 4) is 16.9 Å². The summed E-state index contributed by atoms with van der Waals surface area (Å²) in [6, 6.07) is 3.48. The molecule has 0 unspecified atom stereocenters. The monoisotopic (exact) mass is 541 g/mol. The van der Waals surface area contributed by atoms with Crippen LogP contribution in [-0.4, -0.2) is 52.0 Å². The van der Waals surface area contributed by atoms with Gasteiger partial charge in [0.1, 0.15) is 10.9 Å².